The molecular formula is C13H15ClN2. The molecule has 2 nitrogen and oxygen atoms in total. The molecule has 0 saturated carbocycles. The minimum absolute atomic E-state index is 0.511. The molecule has 1 aromatic carbocycles. The number of hydrogen-bond donors (Lipinski definition) is 0. The van der Waals surface area contributed by atoms with Crippen molar-refractivity contribution in [3.63, 3.8) is 0 Å². The van der Waals surface area contributed by atoms with E-state index in [0.29, 0.717) is 16.5 Å². The number of hydrogen-bond acceptors (Lipinski definition) is 2. The predicted octanol–water partition coefficient (Wildman–Crippen LogP) is 3.02. The summed E-state index contributed by atoms with van der Waals surface area (Å²) in [5.74, 6) is 0.511. The average Bonchev–Trinajstić information content (AvgIpc) is 2.31. The van der Waals surface area contributed by atoms with Gasteiger partial charge >= 0.3 is 0 Å². The Morgan fingerprint density at radius 1 is 1.38 bits per heavy atom. The van der Waals surface area contributed by atoms with E-state index in [4.69, 9.17) is 16.9 Å². The Kier molecular flexibility index (Phi) is 3.48. The summed E-state index contributed by atoms with van der Waals surface area (Å²) in [5.41, 5.74) is 1.74. The van der Waals surface area contributed by atoms with Gasteiger partial charge in [-0.3, -0.25) is 0 Å². The molecule has 84 valence electrons. The molecule has 1 aliphatic rings. The predicted molar refractivity (Wildman–Crippen MR) is 65.6 cm³/mol. The van der Waals surface area contributed by atoms with Crippen molar-refractivity contribution in [3.8, 4) is 6.07 Å². The van der Waals surface area contributed by atoms with Crippen molar-refractivity contribution in [1.82, 2.24) is 4.90 Å². The number of nitriles is 1. The van der Waals surface area contributed by atoms with Crippen molar-refractivity contribution >= 4 is 11.6 Å². The van der Waals surface area contributed by atoms with Gasteiger partial charge in [-0.05, 0) is 50.5 Å². The molecule has 1 saturated heterocycles. The van der Waals surface area contributed by atoms with Crippen LogP contribution in [0, 0.1) is 11.3 Å². The molecule has 1 heterocycles. The zero-order chi connectivity index (χ0) is 11.5. The van der Waals surface area contributed by atoms with Crippen molar-refractivity contribution in [1.29, 1.82) is 5.26 Å². The van der Waals surface area contributed by atoms with Crippen molar-refractivity contribution < 1.29 is 0 Å². The number of halogens is 1. The molecule has 0 aliphatic carbocycles. The highest BCUT2D eigenvalue weighted by Gasteiger charge is 2.21. The van der Waals surface area contributed by atoms with Crippen LogP contribution in [0.15, 0.2) is 18.2 Å². The topological polar surface area (TPSA) is 27.0 Å². The van der Waals surface area contributed by atoms with Crippen LogP contribution < -0.4 is 0 Å². The van der Waals surface area contributed by atoms with Crippen molar-refractivity contribution in [2.24, 2.45) is 0 Å². The Hall–Kier alpha value is -1.04. The summed E-state index contributed by atoms with van der Waals surface area (Å²) in [7, 11) is 2.14. The van der Waals surface area contributed by atoms with Gasteiger partial charge in [0, 0.05) is 0 Å². The van der Waals surface area contributed by atoms with Gasteiger partial charge in [0.15, 0.2) is 0 Å². The summed E-state index contributed by atoms with van der Waals surface area (Å²) < 4.78 is 0. The SMILES string of the molecule is CN1CCC(c2cccc(C#N)c2Cl)CC1. The third-order valence-electron chi connectivity index (χ3n) is 3.31. The molecule has 0 N–H and O–H groups in total. The first-order valence-electron chi connectivity index (χ1n) is 5.59. The molecule has 1 aliphatic heterocycles. The second-order valence-electron chi connectivity index (χ2n) is 4.40. The van der Waals surface area contributed by atoms with E-state index in [9.17, 15) is 0 Å². The van der Waals surface area contributed by atoms with Crippen LogP contribution in [0.4, 0.5) is 0 Å². The monoisotopic (exact) mass is 234 g/mol. The standard InChI is InChI=1S/C13H15ClN2/c1-16-7-5-10(6-8-16)12-4-2-3-11(9-15)13(12)14/h2-4,10H,5-8H2,1H3. The second-order valence-corrected chi connectivity index (χ2v) is 4.78. The summed E-state index contributed by atoms with van der Waals surface area (Å²) in [6.45, 7) is 2.22. The Morgan fingerprint density at radius 3 is 2.69 bits per heavy atom. The van der Waals surface area contributed by atoms with Gasteiger partial charge in [-0.15, -0.1) is 0 Å². The van der Waals surface area contributed by atoms with E-state index in [1.807, 2.05) is 6.07 Å². The normalized spacial score (nSPS) is 18.3. The second kappa shape index (κ2) is 4.86. The highest BCUT2D eigenvalue weighted by molar-refractivity contribution is 6.32. The van der Waals surface area contributed by atoms with Crippen LogP contribution in [0.3, 0.4) is 0 Å². The maximum absolute atomic E-state index is 8.94. The zero-order valence-corrected chi connectivity index (χ0v) is 10.2. The van der Waals surface area contributed by atoms with E-state index in [1.54, 1.807) is 6.07 Å². The van der Waals surface area contributed by atoms with Gasteiger partial charge in [-0.2, -0.15) is 5.26 Å². The van der Waals surface area contributed by atoms with Gasteiger partial charge in [0.2, 0.25) is 0 Å². The van der Waals surface area contributed by atoms with Crippen molar-refractivity contribution in [3.05, 3.63) is 34.3 Å². The van der Waals surface area contributed by atoms with Crippen LogP contribution in [0.25, 0.3) is 0 Å². The van der Waals surface area contributed by atoms with Crippen LogP contribution in [-0.2, 0) is 0 Å². The van der Waals surface area contributed by atoms with Crippen LogP contribution in [-0.4, -0.2) is 25.0 Å². The smallest absolute Gasteiger partial charge is 0.101 e. The number of benzene rings is 1. The highest BCUT2D eigenvalue weighted by Crippen LogP contribution is 2.33. The lowest BCUT2D eigenvalue weighted by Crippen LogP contribution is -2.29. The third kappa shape index (κ3) is 2.21. The van der Waals surface area contributed by atoms with Crippen LogP contribution in [0.5, 0.6) is 0 Å². The van der Waals surface area contributed by atoms with Crippen LogP contribution >= 0.6 is 11.6 Å². The quantitative estimate of drug-likeness (QED) is 0.747. The maximum atomic E-state index is 8.94. The van der Waals surface area contributed by atoms with E-state index in [1.165, 1.54) is 0 Å². The van der Waals surface area contributed by atoms with Gasteiger partial charge in [-0.25, -0.2) is 0 Å². The number of nitrogens with zero attached hydrogens (tertiary/aromatic N) is 2. The minimum Gasteiger partial charge on any atom is -0.306 e. The minimum atomic E-state index is 0.511. The number of piperidine rings is 1. The molecule has 0 aromatic heterocycles. The summed E-state index contributed by atoms with van der Waals surface area (Å²) >= 11 is 6.24. The fourth-order valence-corrected chi connectivity index (χ4v) is 2.59. The van der Waals surface area contributed by atoms with E-state index >= 15 is 0 Å². The molecule has 1 aromatic rings. The molecular weight excluding hydrogens is 220 g/mol. The molecule has 0 unspecified atom stereocenters. The molecule has 0 atom stereocenters. The number of rotatable bonds is 1. The summed E-state index contributed by atoms with van der Waals surface area (Å²) in [4.78, 5) is 2.33. The Morgan fingerprint density at radius 2 is 2.06 bits per heavy atom. The maximum Gasteiger partial charge on any atom is 0.101 e. The summed E-state index contributed by atoms with van der Waals surface area (Å²) in [6, 6.07) is 7.90. The fraction of sp³-hybridized carbons (Fsp3) is 0.462. The van der Waals surface area contributed by atoms with E-state index in [-0.39, 0.29) is 0 Å². The van der Waals surface area contributed by atoms with E-state index in [0.717, 1.165) is 31.5 Å². The lowest BCUT2D eigenvalue weighted by Gasteiger charge is -2.29. The van der Waals surface area contributed by atoms with Gasteiger partial charge in [0.25, 0.3) is 0 Å². The Balaban J connectivity index is 2.24. The molecule has 0 bridgehead atoms. The van der Waals surface area contributed by atoms with Gasteiger partial charge in [0.1, 0.15) is 6.07 Å². The van der Waals surface area contributed by atoms with Gasteiger partial charge in [0.05, 0.1) is 10.6 Å². The average molecular weight is 235 g/mol. The van der Waals surface area contributed by atoms with Gasteiger partial charge in [-0.1, -0.05) is 23.7 Å². The molecule has 1 fully saturated rings. The van der Waals surface area contributed by atoms with Crippen LogP contribution in [0.1, 0.15) is 29.9 Å². The fourth-order valence-electron chi connectivity index (χ4n) is 2.27. The first kappa shape index (κ1) is 11.4. The molecule has 16 heavy (non-hydrogen) atoms. The molecule has 0 radical (unpaired) electrons. The van der Waals surface area contributed by atoms with E-state index < -0.39 is 0 Å². The first-order chi connectivity index (χ1) is 7.72. The van der Waals surface area contributed by atoms with E-state index in [2.05, 4.69) is 24.1 Å². The van der Waals surface area contributed by atoms with Crippen molar-refractivity contribution in [2.45, 2.75) is 18.8 Å². The summed E-state index contributed by atoms with van der Waals surface area (Å²) in [5, 5.41) is 9.59. The highest BCUT2D eigenvalue weighted by atomic mass is 35.5. The summed E-state index contributed by atoms with van der Waals surface area (Å²) in [6.07, 6.45) is 2.26. The lowest BCUT2D eigenvalue weighted by atomic mass is 9.89. The first-order valence-corrected chi connectivity index (χ1v) is 5.97. The Bertz CT molecular complexity index is 414. The molecule has 3 heteroatoms. The van der Waals surface area contributed by atoms with Crippen LogP contribution in [0.2, 0.25) is 5.02 Å². The van der Waals surface area contributed by atoms with Crippen molar-refractivity contribution in [2.75, 3.05) is 20.1 Å². The third-order valence-corrected chi connectivity index (χ3v) is 3.73. The number of likely N-dealkylation sites (tertiary alicyclic amines) is 1. The molecule has 0 spiro atoms. The molecule has 0 amide bonds. The zero-order valence-electron chi connectivity index (χ0n) is 9.41. The largest absolute Gasteiger partial charge is 0.306 e. The lowest BCUT2D eigenvalue weighted by molar-refractivity contribution is 0.255. The molecule has 2 rings (SSSR count). The van der Waals surface area contributed by atoms with Gasteiger partial charge < -0.3 is 4.90 Å². The Labute approximate surface area is 101 Å².